The lowest BCUT2D eigenvalue weighted by atomic mass is 10.0. The second-order valence-electron chi connectivity index (χ2n) is 3.78. The largest absolute Gasteiger partial charge is 0.305 e. The van der Waals surface area contributed by atoms with E-state index in [2.05, 4.69) is 24.7 Å². The number of rotatable bonds is 1. The van der Waals surface area contributed by atoms with Crippen molar-refractivity contribution in [2.24, 2.45) is 4.99 Å². The molecule has 0 saturated heterocycles. The van der Waals surface area contributed by atoms with Crippen molar-refractivity contribution in [1.29, 1.82) is 0 Å². The summed E-state index contributed by atoms with van der Waals surface area (Å²) < 4.78 is 1.87. The average molecular weight is 277 g/mol. The van der Waals surface area contributed by atoms with Crippen molar-refractivity contribution in [2.45, 2.75) is 19.9 Å². The van der Waals surface area contributed by atoms with Gasteiger partial charge in [-0.1, -0.05) is 30.5 Å². The Hall–Kier alpha value is -0.380. The molecule has 2 rings (SSSR count). The summed E-state index contributed by atoms with van der Waals surface area (Å²) in [6.07, 6.45) is 0. The molecule has 0 spiro atoms. The highest BCUT2D eigenvalue weighted by Crippen LogP contribution is 2.29. The molecular formula is C11H14Cl2N2S. The van der Waals surface area contributed by atoms with Crippen molar-refractivity contribution < 1.29 is 0 Å². The summed E-state index contributed by atoms with van der Waals surface area (Å²) in [6.45, 7) is 4.86. The van der Waals surface area contributed by atoms with Gasteiger partial charge in [-0.25, -0.2) is 0 Å². The monoisotopic (exact) mass is 276 g/mol. The van der Waals surface area contributed by atoms with Gasteiger partial charge in [0.05, 0.1) is 12.6 Å². The molecular weight excluding hydrogens is 263 g/mol. The predicted octanol–water partition coefficient (Wildman–Crippen LogP) is 3.69. The van der Waals surface area contributed by atoms with E-state index in [4.69, 9.17) is 11.6 Å². The minimum Gasteiger partial charge on any atom is -0.305 e. The SMILES string of the molecule is CC1=NC(c2ccc(Cl)cc2C)CN1S.Cl. The summed E-state index contributed by atoms with van der Waals surface area (Å²) in [5.41, 5.74) is 2.42. The minimum atomic E-state index is 0. The Morgan fingerprint density at radius 1 is 1.44 bits per heavy atom. The summed E-state index contributed by atoms with van der Waals surface area (Å²) in [7, 11) is 0. The smallest absolute Gasteiger partial charge is 0.106 e. The first kappa shape index (κ1) is 13.7. The van der Waals surface area contributed by atoms with E-state index in [-0.39, 0.29) is 18.4 Å². The fourth-order valence-corrected chi connectivity index (χ4v) is 2.24. The van der Waals surface area contributed by atoms with Crippen LogP contribution in [-0.4, -0.2) is 16.7 Å². The van der Waals surface area contributed by atoms with Gasteiger partial charge < -0.3 is 4.31 Å². The Labute approximate surface area is 113 Å². The van der Waals surface area contributed by atoms with Gasteiger partial charge in [0.15, 0.2) is 0 Å². The van der Waals surface area contributed by atoms with Crippen LogP contribution >= 0.6 is 36.8 Å². The molecule has 0 bridgehead atoms. The van der Waals surface area contributed by atoms with Crippen LogP contribution in [0.2, 0.25) is 5.02 Å². The molecule has 1 aromatic carbocycles. The Morgan fingerprint density at radius 2 is 2.12 bits per heavy atom. The molecule has 1 aromatic rings. The molecule has 1 aliphatic heterocycles. The van der Waals surface area contributed by atoms with Crippen LogP contribution in [0.15, 0.2) is 23.2 Å². The lowest BCUT2D eigenvalue weighted by Crippen LogP contribution is -2.14. The standard InChI is InChI=1S/C11H13ClN2S.ClH/c1-7-5-9(12)3-4-10(7)11-6-14(15)8(2)13-11;/h3-5,11,15H,6H2,1-2H3;1H. The third kappa shape index (κ3) is 2.65. The van der Waals surface area contributed by atoms with Crippen molar-refractivity contribution in [3.63, 3.8) is 0 Å². The van der Waals surface area contributed by atoms with Crippen LogP contribution in [0.1, 0.15) is 24.1 Å². The number of benzene rings is 1. The van der Waals surface area contributed by atoms with Gasteiger partial charge in [0.25, 0.3) is 0 Å². The molecule has 1 unspecified atom stereocenters. The number of halogens is 2. The molecule has 88 valence electrons. The van der Waals surface area contributed by atoms with Crippen molar-refractivity contribution in [3.8, 4) is 0 Å². The van der Waals surface area contributed by atoms with Crippen molar-refractivity contribution in [3.05, 3.63) is 34.3 Å². The number of nitrogens with zero attached hydrogens (tertiary/aromatic N) is 2. The molecule has 0 fully saturated rings. The maximum Gasteiger partial charge on any atom is 0.106 e. The van der Waals surface area contributed by atoms with Crippen molar-refractivity contribution >= 4 is 42.7 Å². The van der Waals surface area contributed by atoms with E-state index < -0.39 is 0 Å². The molecule has 0 aromatic heterocycles. The lowest BCUT2D eigenvalue weighted by molar-refractivity contribution is 0.638. The molecule has 1 atom stereocenters. The molecule has 1 heterocycles. The van der Waals surface area contributed by atoms with Gasteiger partial charge in [-0.05, 0) is 37.1 Å². The van der Waals surface area contributed by atoms with Crippen LogP contribution in [0, 0.1) is 6.92 Å². The maximum absolute atomic E-state index is 5.92. The molecule has 0 amide bonds. The fourth-order valence-electron chi connectivity index (χ4n) is 1.81. The van der Waals surface area contributed by atoms with Gasteiger partial charge in [0.1, 0.15) is 5.84 Å². The van der Waals surface area contributed by atoms with Crippen LogP contribution in [0.25, 0.3) is 0 Å². The molecule has 1 aliphatic rings. The van der Waals surface area contributed by atoms with E-state index in [9.17, 15) is 0 Å². The van der Waals surface area contributed by atoms with Crippen LogP contribution in [0.5, 0.6) is 0 Å². The zero-order chi connectivity index (χ0) is 11.0. The van der Waals surface area contributed by atoms with E-state index in [1.807, 2.05) is 29.4 Å². The van der Waals surface area contributed by atoms with Gasteiger partial charge in [0, 0.05) is 5.02 Å². The van der Waals surface area contributed by atoms with Crippen molar-refractivity contribution in [1.82, 2.24) is 4.31 Å². The average Bonchev–Trinajstić information content (AvgIpc) is 2.46. The minimum absolute atomic E-state index is 0. The van der Waals surface area contributed by atoms with Gasteiger partial charge >= 0.3 is 0 Å². The number of amidine groups is 1. The molecule has 16 heavy (non-hydrogen) atoms. The van der Waals surface area contributed by atoms with Gasteiger partial charge in [-0.15, -0.1) is 12.4 Å². The number of aryl methyl sites for hydroxylation is 1. The molecule has 2 nitrogen and oxygen atoms in total. The van der Waals surface area contributed by atoms with Crippen LogP contribution in [0.4, 0.5) is 0 Å². The maximum atomic E-state index is 5.92. The highest BCUT2D eigenvalue weighted by atomic mass is 35.5. The Morgan fingerprint density at radius 3 is 2.62 bits per heavy atom. The predicted molar refractivity (Wildman–Crippen MR) is 75.0 cm³/mol. The topological polar surface area (TPSA) is 15.6 Å². The number of aliphatic imine (C=N–C) groups is 1. The summed E-state index contributed by atoms with van der Waals surface area (Å²) in [5, 5.41) is 0.776. The Balaban J connectivity index is 0.00000128. The first-order valence-electron chi connectivity index (χ1n) is 4.85. The number of thiol groups is 1. The Kier molecular flexibility index (Phi) is 4.53. The molecule has 0 saturated carbocycles. The van der Waals surface area contributed by atoms with Gasteiger partial charge in [-0.2, -0.15) is 0 Å². The zero-order valence-corrected chi connectivity index (χ0v) is 11.6. The van der Waals surface area contributed by atoms with Gasteiger partial charge in [-0.3, -0.25) is 4.99 Å². The van der Waals surface area contributed by atoms with E-state index in [0.717, 1.165) is 17.4 Å². The highest BCUT2D eigenvalue weighted by Gasteiger charge is 2.22. The molecule has 0 aliphatic carbocycles. The van der Waals surface area contributed by atoms with E-state index in [1.54, 1.807) is 0 Å². The van der Waals surface area contributed by atoms with Crippen molar-refractivity contribution in [2.75, 3.05) is 6.54 Å². The van der Waals surface area contributed by atoms with Crippen LogP contribution < -0.4 is 0 Å². The Bertz CT molecular complexity index is 420. The quantitative estimate of drug-likeness (QED) is 0.774. The van der Waals surface area contributed by atoms with Crippen LogP contribution in [-0.2, 0) is 0 Å². The molecule has 5 heteroatoms. The first-order chi connectivity index (χ1) is 7.08. The molecule has 0 N–H and O–H groups in total. The van der Waals surface area contributed by atoms with Gasteiger partial charge in [0.2, 0.25) is 0 Å². The number of hydrogen-bond acceptors (Lipinski definition) is 3. The summed E-state index contributed by atoms with van der Waals surface area (Å²) in [6, 6.07) is 6.13. The third-order valence-corrected chi connectivity index (χ3v) is 3.34. The number of hydrogen-bond donors (Lipinski definition) is 1. The van der Waals surface area contributed by atoms with E-state index in [0.29, 0.717) is 0 Å². The second kappa shape index (κ2) is 5.30. The first-order valence-corrected chi connectivity index (χ1v) is 5.62. The normalized spacial score (nSPS) is 19.4. The summed E-state index contributed by atoms with van der Waals surface area (Å²) in [4.78, 5) is 4.55. The van der Waals surface area contributed by atoms with E-state index >= 15 is 0 Å². The van der Waals surface area contributed by atoms with Crippen LogP contribution in [0.3, 0.4) is 0 Å². The second-order valence-corrected chi connectivity index (χ2v) is 4.69. The third-order valence-electron chi connectivity index (χ3n) is 2.65. The highest BCUT2D eigenvalue weighted by molar-refractivity contribution is 7.78. The molecule has 0 radical (unpaired) electrons. The summed E-state index contributed by atoms with van der Waals surface area (Å²) >= 11 is 10.2. The fraction of sp³-hybridized carbons (Fsp3) is 0.364. The summed E-state index contributed by atoms with van der Waals surface area (Å²) in [5.74, 6) is 0.970. The van der Waals surface area contributed by atoms with E-state index in [1.165, 1.54) is 11.1 Å². The lowest BCUT2D eigenvalue weighted by Gasteiger charge is -2.13. The zero-order valence-electron chi connectivity index (χ0n) is 9.14.